The van der Waals surface area contributed by atoms with Gasteiger partial charge in [0.1, 0.15) is 5.82 Å². The van der Waals surface area contributed by atoms with Gasteiger partial charge in [-0.3, -0.25) is 0 Å². The van der Waals surface area contributed by atoms with Crippen molar-refractivity contribution in [1.82, 2.24) is 9.97 Å². The van der Waals surface area contributed by atoms with Crippen LogP contribution in [0.4, 0.5) is 5.82 Å². The summed E-state index contributed by atoms with van der Waals surface area (Å²) in [6, 6.07) is 0.403. The number of aryl methyl sites for hydroxylation is 1. The Bertz CT molecular complexity index is 350. The molecule has 0 fully saturated rings. The first-order chi connectivity index (χ1) is 7.08. The number of anilines is 1. The fourth-order valence-corrected chi connectivity index (χ4v) is 1.40. The van der Waals surface area contributed by atoms with Crippen LogP contribution >= 0.6 is 0 Å². The fourth-order valence-electron chi connectivity index (χ4n) is 1.40. The van der Waals surface area contributed by atoms with Crippen LogP contribution in [0, 0.1) is 6.92 Å². The van der Waals surface area contributed by atoms with Gasteiger partial charge in [-0.2, -0.15) is 0 Å². The monoisotopic (exact) mass is 207 g/mol. The Hall–Kier alpha value is -1.25. The molecule has 1 aromatic heterocycles. The molecular weight excluding hydrogens is 186 g/mol. The largest absolute Gasteiger partial charge is 0.362 e. The van der Waals surface area contributed by atoms with Crippen LogP contribution in [0.15, 0.2) is 5.57 Å². The molecule has 3 heteroatoms. The van der Waals surface area contributed by atoms with Crippen molar-refractivity contribution in [2.75, 3.05) is 5.32 Å². The summed E-state index contributed by atoms with van der Waals surface area (Å²) in [5.74, 6) is 1.94. The van der Waals surface area contributed by atoms with Crippen LogP contribution in [-0.4, -0.2) is 16.0 Å². The van der Waals surface area contributed by atoms with Gasteiger partial charge in [-0.1, -0.05) is 20.3 Å². The quantitative estimate of drug-likeness (QED) is 0.685. The van der Waals surface area contributed by atoms with Crippen LogP contribution < -0.4 is 5.32 Å². The third-order valence-corrected chi connectivity index (χ3v) is 2.26. The van der Waals surface area contributed by atoms with Gasteiger partial charge in [0.2, 0.25) is 0 Å². The van der Waals surface area contributed by atoms with Crippen LogP contribution in [-0.2, 0) is 0 Å². The lowest BCUT2D eigenvalue weighted by Crippen LogP contribution is -2.20. The van der Waals surface area contributed by atoms with Gasteiger partial charge < -0.3 is 10.3 Å². The van der Waals surface area contributed by atoms with Gasteiger partial charge in [0.15, 0.2) is 5.82 Å². The molecule has 1 aliphatic rings. The van der Waals surface area contributed by atoms with E-state index >= 15 is 0 Å². The summed E-state index contributed by atoms with van der Waals surface area (Å²) in [7, 11) is 0. The van der Waals surface area contributed by atoms with Crippen LogP contribution in [0.2, 0.25) is 0 Å². The average molecular weight is 207 g/mol. The number of hydrogen-bond acceptors (Lipinski definition) is 2. The van der Waals surface area contributed by atoms with Gasteiger partial charge in [-0.25, -0.2) is 4.98 Å². The number of aromatic amines is 1. The van der Waals surface area contributed by atoms with Crippen LogP contribution in [0.25, 0.3) is 6.08 Å². The highest BCUT2D eigenvalue weighted by atomic mass is 15.1. The summed E-state index contributed by atoms with van der Waals surface area (Å²) in [4.78, 5) is 7.52. The number of H-pyrrole nitrogens is 1. The lowest BCUT2D eigenvalue weighted by Gasteiger charge is -2.19. The first kappa shape index (κ1) is 11.8. The third kappa shape index (κ3) is 2.85. The molecule has 1 aromatic rings. The number of nitrogens with zero attached hydrogens (tertiary/aromatic N) is 1. The molecule has 0 radical (unpaired) electrons. The normalized spacial score (nSPS) is 18.2. The van der Waals surface area contributed by atoms with E-state index in [4.69, 9.17) is 0 Å². The van der Waals surface area contributed by atoms with Gasteiger partial charge in [0.05, 0.1) is 5.69 Å². The second kappa shape index (κ2) is 5.01. The Labute approximate surface area is 92.0 Å². The number of fused-ring (bicyclic) bond motifs is 1. The number of hydrogen-bond donors (Lipinski definition) is 2. The predicted molar refractivity (Wildman–Crippen MR) is 66.0 cm³/mol. The SMILES string of the molecule is CC1=Cc2[nH]c(C)nc2NC1C.CCC. The first-order valence-corrected chi connectivity index (χ1v) is 5.59. The van der Waals surface area contributed by atoms with Crippen molar-refractivity contribution in [3.8, 4) is 0 Å². The number of nitrogens with one attached hydrogen (secondary N) is 2. The molecule has 2 heterocycles. The van der Waals surface area contributed by atoms with Crippen molar-refractivity contribution in [1.29, 1.82) is 0 Å². The summed E-state index contributed by atoms with van der Waals surface area (Å²) in [6.07, 6.45) is 3.40. The number of rotatable bonds is 0. The van der Waals surface area contributed by atoms with Gasteiger partial charge in [0.25, 0.3) is 0 Å². The van der Waals surface area contributed by atoms with Crippen molar-refractivity contribution >= 4 is 11.9 Å². The summed E-state index contributed by atoms with van der Waals surface area (Å²) in [5, 5.41) is 3.32. The molecule has 1 atom stereocenters. The van der Waals surface area contributed by atoms with Crippen LogP contribution in [0.3, 0.4) is 0 Å². The zero-order valence-electron chi connectivity index (χ0n) is 10.3. The molecule has 2 rings (SSSR count). The van der Waals surface area contributed by atoms with E-state index in [0.29, 0.717) is 6.04 Å². The summed E-state index contributed by atoms with van der Waals surface area (Å²) >= 11 is 0. The molecule has 0 spiro atoms. The van der Waals surface area contributed by atoms with E-state index in [1.807, 2.05) is 6.92 Å². The van der Waals surface area contributed by atoms with Crippen molar-refractivity contribution in [2.24, 2.45) is 0 Å². The van der Waals surface area contributed by atoms with Crippen molar-refractivity contribution in [3.63, 3.8) is 0 Å². The second-order valence-electron chi connectivity index (χ2n) is 4.05. The van der Waals surface area contributed by atoms with E-state index < -0.39 is 0 Å². The minimum atomic E-state index is 0.403. The lowest BCUT2D eigenvalue weighted by molar-refractivity contribution is 0.911. The summed E-state index contributed by atoms with van der Waals surface area (Å²) in [5.41, 5.74) is 2.44. The Morgan fingerprint density at radius 1 is 1.33 bits per heavy atom. The minimum absolute atomic E-state index is 0.403. The molecule has 15 heavy (non-hydrogen) atoms. The van der Waals surface area contributed by atoms with E-state index in [0.717, 1.165) is 17.3 Å². The highest BCUT2D eigenvalue weighted by Crippen LogP contribution is 2.23. The van der Waals surface area contributed by atoms with E-state index in [1.165, 1.54) is 12.0 Å². The van der Waals surface area contributed by atoms with Crippen molar-refractivity contribution < 1.29 is 0 Å². The molecule has 3 nitrogen and oxygen atoms in total. The van der Waals surface area contributed by atoms with Crippen LogP contribution in [0.5, 0.6) is 0 Å². The number of imidazole rings is 1. The summed E-state index contributed by atoms with van der Waals surface area (Å²) in [6.45, 7) is 10.5. The van der Waals surface area contributed by atoms with E-state index in [1.54, 1.807) is 0 Å². The smallest absolute Gasteiger partial charge is 0.152 e. The molecule has 1 unspecified atom stereocenters. The Morgan fingerprint density at radius 2 is 1.93 bits per heavy atom. The summed E-state index contributed by atoms with van der Waals surface area (Å²) < 4.78 is 0. The molecule has 0 amide bonds. The molecule has 0 aliphatic carbocycles. The standard InChI is InChI=1S/C9H13N3.C3H8/c1-5-4-8-9(10-6(5)2)12-7(3)11-8;1-3-2/h4,6,10H,1-3H3,(H,11,12);3H2,1-2H3. The van der Waals surface area contributed by atoms with Gasteiger partial charge in [-0.05, 0) is 32.4 Å². The Balaban J connectivity index is 0.000000337. The molecule has 0 saturated carbocycles. The molecule has 0 saturated heterocycles. The predicted octanol–water partition coefficient (Wildman–Crippen LogP) is 3.35. The average Bonchev–Trinajstić information content (AvgIpc) is 2.47. The molecule has 0 bridgehead atoms. The maximum absolute atomic E-state index is 4.32. The third-order valence-electron chi connectivity index (χ3n) is 2.26. The minimum Gasteiger partial charge on any atom is -0.362 e. The molecule has 0 aromatic carbocycles. The lowest BCUT2D eigenvalue weighted by atomic mass is 10.1. The van der Waals surface area contributed by atoms with Crippen molar-refractivity contribution in [3.05, 3.63) is 17.1 Å². The van der Waals surface area contributed by atoms with Gasteiger partial charge in [0, 0.05) is 6.04 Å². The van der Waals surface area contributed by atoms with E-state index in [-0.39, 0.29) is 0 Å². The molecular formula is C12H21N3. The first-order valence-electron chi connectivity index (χ1n) is 5.59. The van der Waals surface area contributed by atoms with Gasteiger partial charge >= 0.3 is 0 Å². The molecule has 1 aliphatic heterocycles. The topological polar surface area (TPSA) is 40.7 Å². The second-order valence-corrected chi connectivity index (χ2v) is 4.05. The van der Waals surface area contributed by atoms with E-state index in [9.17, 15) is 0 Å². The Kier molecular flexibility index (Phi) is 3.95. The highest BCUT2D eigenvalue weighted by molar-refractivity contribution is 5.67. The highest BCUT2D eigenvalue weighted by Gasteiger charge is 2.15. The molecule has 84 valence electrons. The fraction of sp³-hybridized carbons (Fsp3) is 0.583. The maximum atomic E-state index is 4.32. The van der Waals surface area contributed by atoms with Crippen LogP contribution in [0.1, 0.15) is 45.6 Å². The van der Waals surface area contributed by atoms with E-state index in [2.05, 4.69) is 49.1 Å². The Morgan fingerprint density at radius 3 is 2.53 bits per heavy atom. The number of aromatic nitrogens is 2. The molecule has 2 N–H and O–H groups in total. The zero-order valence-corrected chi connectivity index (χ0v) is 10.3. The van der Waals surface area contributed by atoms with Gasteiger partial charge in [-0.15, -0.1) is 0 Å². The van der Waals surface area contributed by atoms with Crippen molar-refractivity contribution in [2.45, 2.75) is 47.1 Å². The maximum Gasteiger partial charge on any atom is 0.152 e. The zero-order chi connectivity index (χ0) is 11.4.